The second-order valence-corrected chi connectivity index (χ2v) is 9.36. The predicted octanol–water partition coefficient (Wildman–Crippen LogP) is 2.43. The molecule has 0 spiro atoms. The monoisotopic (exact) mass is 246 g/mol. The third-order valence-electron chi connectivity index (χ3n) is 1.41. The van der Waals surface area contributed by atoms with Crippen LogP contribution in [0.1, 0.15) is 20.8 Å². The zero-order chi connectivity index (χ0) is 10.6. The Bertz CT molecular complexity index is 201. The van der Waals surface area contributed by atoms with Crippen LogP contribution in [0.15, 0.2) is 10.9 Å². The predicted molar refractivity (Wildman–Crippen MR) is 57.0 cm³/mol. The van der Waals surface area contributed by atoms with Gasteiger partial charge in [-0.25, -0.2) is 0 Å². The van der Waals surface area contributed by atoms with E-state index in [0.29, 0.717) is 11.0 Å². The number of esters is 1. The maximum absolute atomic E-state index is 11.3. The molecule has 0 bridgehead atoms. The van der Waals surface area contributed by atoms with Gasteiger partial charge in [0.2, 0.25) is 0 Å². The molecule has 0 fully saturated rings. The molecule has 0 unspecified atom stereocenters. The molecule has 0 radical (unpaired) electrons. The summed E-state index contributed by atoms with van der Waals surface area (Å²) in [5.41, 5.74) is 4.19. The topological polar surface area (TPSA) is 26.3 Å². The van der Waals surface area contributed by atoms with Gasteiger partial charge in [-0.3, -0.25) is 0 Å². The molecule has 0 aliphatic rings. The third kappa shape index (κ3) is 5.92. The van der Waals surface area contributed by atoms with Crippen molar-refractivity contribution in [2.75, 3.05) is 6.61 Å². The van der Waals surface area contributed by atoms with E-state index in [9.17, 15) is 4.79 Å². The zero-order valence-corrected chi connectivity index (χ0v) is 11.1. The van der Waals surface area contributed by atoms with Crippen LogP contribution in [0.4, 0.5) is 0 Å². The van der Waals surface area contributed by atoms with E-state index in [4.69, 9.17) is 4.74 Å². The average Bonchev–Trinajstić information content (AvgIpc) is 1.97. The van der Waals surface area contributed by atoms with Crippen LogP contribution < -0.4 is 0 Å². The fourth-order valence-electron chi connectivity index (χ4n) is 0.548. The summed E-state index contributed by atoms with van der Waals surface area (Å²) in [5, 5.41) is 0. The number of hydrogen-bond donors (Lipinski definition) is 0. The normalized spacial score (nSPS) is 11.5. The van der Waals surface area contributed by atoms with E-state index in [1.807, 2.05) is 20.8 Å². The Labute approximate surface area is 85.6 Å². The van der Waals surface area contributed by atoms with Gasteiger partial charge in [-0.05, 0) is 0 Å². The van der Waals surface area contributed by atoms with Gasteiger partial charge in [-0.2, -0.15) is 0 Å². The van der Waals surface area contributed by atoms with E-state index in [-0.39, 0.29) is 11.4 Å². The summed E-state index contributed by atoms with van der Waals surface area (Å²) in [4.78, 5) is 11.3. The first kappa shape index (κ1) is 12.8. The SMILES string of the molecule is C=C(C(=O)OCC(C)(C)C)[As](C)C. The van der Waals surface area contributed by atoms with Crippen molar-refractivity contribution >= 4 is 20.6 Å². The number of carbonyl (C=O) groups is 1. The fourth-order valence-corrected chi connectivity index (χ4v) is 1.45. The zero-order valence-electron chi connectivity index (χ0n) is 9.18. The summed E-state index contributed by atoms with van der Waals surface area (Å²) in [6.07, 6.45) is 0. The molecule has 0 amide bonds. The van der Waals surface area contributed by atoms with Gasteiger partial charge >= 0.3 is 85.3 Å². The summed E-state index contributed by atoms with van der Waals surface area (Å²) >= 11 is -1.14. The number of carbonyl (C=O) groups excluding carboxylic acids is 1. The Balaban J connectivity index is 3.96. The van der Waals surface area contributed by atoms with E-state index in [2.05, 4.69) is 18.0 Å². The van der Waals surface area contributed by atoms with E-state index in [1.165, 1.54) is 0 Å². The van der Waals surface area contributed by atoms with Gasteiger partial charge in [-0.15, -0.1) is 0 Å². The van der Waals surface area contributed by atoms with Crippen molar-refractivity contribution in [1.82, 2.24) is 0 Å². The maximum atomic E-state index is 11.3. The van der Waals surface area contributed by atoms with Gasteiger partial charge in [0.25, 0.3) is 0 Å². The van der Waals surface area contributed by atoms with Crippen LogP contribution in [0.2, 0.25) is 11.4 Å². The molecular formula is C10H19AsO2. The molecule has 0 aliphatic carbocycles. The van der Waals surface area contributed by atoms with Crippen LogP contribution in [-0.2, 0) is 9.53 Å². The van der Waals surface area contributed by atoms with Crippen molar-refractivity contribution in [2.24, 2.45) is 5.41 Å². The first-order chi connectivity index (χ1) is 5.74. The molecule has 0 aromatic carbocycles. The summed E-state index contributed by atoms with van der Waals surface area (Å²) in [5.74, 6) is -0.208. The molecule has 0 heterocycles. The molecular weight excluding hydrogens is 227 g/mol. The Morgan fingerprint density at radius 2 is 1.85 bits per heavy atom. The van der Waals surface area contributed by atoms with Crippen molar-refractivity contribution < 1.29 is 9.53 Å². The van der Waals surface area contributed by atoms with Gasteiger partial charge < -0.3 is 0 Å². The van der Waals surface area contributed by atoms with Crippen LogP contribution in [0.25, 0.3) is 0 Å². The summed E-state index contributed by atoms with van der Waals surface area (Å²) in [6.45, 7) is 10.3. The number of ether oxygens (including phenoxy) is 1. The van der Waals surface area contributed by atoms with E-state index < -0.39 is 14.7 Å². The average molecular weight is 246 g/mol. The summed E-state index contributed by atoms with van der Waals surface area (Å²) in [7, 11) is 0. The van der Waals surface area contributed by atoms with E-state index >= 15 is 0 Å². The quantitative estimate of drug-likeness (QED) is 0.434. The molecule has 2 nitrogen and oxygen atoms in total. The van der Waals surface area contributed by atoms with Gasteiger partial charge in [0.05, 0.1) is 0 Å². The molecule has 0 saturated heterocycles. The molecule has 76 valence electrons. The Morgan fingerprint density at radius 1 is 1.38 bits per heavy atom. The second kappa shape index (κ2) is 4.85. The van der Waals surface area contributed by atoms with Crippen molar-refractivity contribution in [2.45, 2.75) is 32.2 Å². The molecule has 0 saturated carbocycles. The molecule has 0 aromatic heterocycles. The Morgan fingerprint density at radius 3 is 2.15 bits per heavy atom. The Kier molecular flexibility index (Phi) is 4.77. The molecule has 0 aromatic rings. The molecule has 0 atom stereocenters. The van der Waals surface area contributed by atoms with Crippen LogP contribution in [0.3, 0.4) is 0 Å². The standard InChI is InChI=1S/C10H19AsO2/c1-8(11(5)6)9(12)13-7-10(2,3)4/h1,7H2,2-6H3. The third-order valence-corrected chi connectivity index (χ3v) is 4.06. The van der Waals surface area contributed by atoms with Crippen molar-refractivity contribution in [3.8, 4) is 0 Å². The van der Waals surface area contributed by atoms with Gasteiger partial charge in [-0.1, -0.05) is 0 Å². The van der Waals surface area contributed by atoms with Gasteiger partial charge in [0.1, 0.15) is 0 Å². The summed E-state index contributed by atoms with van der Waals surface area (Å²) < 4.78 is 5.82. The molecule has 0 rings (SSSR count). The first-order valence-corrected chi connectivity index (χ1v) is 8.96. The van der Waals surface area contributed by atoms with Crippen molar-refractivity contribution in [1.29, 1.82) is 0 Å². The van der Waals surface area contributed by atoms with Crippen LogP contribution >= 0.6 is 0 Å². The van der Waals surface area contributed by atoms with Crippen molar-refractivity contribution in [3.05, 3.63) is 10.9 Å². The minimum absolute atomic E-state index is 0.0370. The van der Waals surface area contributed by atoms with Gasteiger partial charge in [0.15, 0.2) is 0 Å². The fraction of sp³-hybridized carbons (Fsp3) is 0.700. The van der Waals surface area contributed by atoms with Crippen LogP contribution in [0, 0.1) is 5.41 Å². The van der Waals surface area contributed by atoms with E-state index in [0.717, 1.165) is 0 Å². The van der Waals surface area contributed by atoms with Crippen LogP contribution in [-0.4, -0.2) is 27.2 Å². The van der Waals surface area contributed by atoms with E-state index in [1.54, 1.807) is 0 Å². The minimum atomic E-state index is -1.14. The molecule has 3 heteroatoms. The molecule has 0 N–H and O–H groups in total. The molecule has 13 heavy (non-hydrogen) atoms. The Hall–Kier alpha value is -0.232. The summed E-state index contributed by atoms with van der Waals surface area (Å²) in [6, 6.07) is 0. The first-order valence-electron chi connectivity index (χ1n) is 4.27. The van der Waals surface area contributed by atoms with Crippen molar-refractivity contribution in [3.63, 3.8) is 0 Å². The van der Waals surface area contributed by atoms with Gasteiger partial charge in [0, 0.05) is 0 Å². The second-order valence-electron chi connectivity index (χ2n) is 4.48. The number of rotatable bonds is 3. The molecule has 0 aliphatic heterocycles. The van der Waals surface area contributed by atoms with Crippen LogP contribution in [0.5, 0.6) is 0 Å². The number of hydrogen-bond acceptors (Lipinski definition) is 2.